The Labute approximate surface area is 178 Å². The quantitative estimate of drug-likeness (QED) is 0.589. The number of amides is 1. The van der Waals surface area contributed by atoms with Crippen LogP contribution in [0.2, 0.25) is 4.34 Å². The summed E-state index contributed by atoms with van der Waals surface area (Å²) in [6, 6.07) is 5.23. The van der Waals surface area contributed by atoms with Gasteiger partial charge in [0.25, 0.3) is 10.0 Å². The molecule has 0 saturated carbocycles. The van der Waals surface area contributed by atoms with Crippen LogP contribution in [0.25, 0.3) is 0 Å². The van der Waals surface area contributed by atoms with Gasteiger partial charge in [0.05, 0.1) is 17.5 Å². The van der Waals surface area contributed by atoms with Crippen molar-refractivity contribution < 1.29 is 27.2 Å². The van der Waals surface area contributed by atoms with E-state index in [9.17, 15) is 18.0 Å². The number of likely N-dealkylation sites (N-methyl/N-ethyl adjacent to an activating group) is 1. The van der Waals surface area contributed by atoms with E-state index in [4.69, 9.17) is 20.8 Å². The largest absolute Gasteiger partial charge is 0.460 e. The predicted molar refractivity (Wildman–Crippen MR) is 107 cm³/mol. The molecule has 8 nitrogen and oxygen atoms in total. The third-order valence-electron chi connectivity index (χ3n) is 4.51. The Bertz CT molecular complexity index is 1000. The average molecular weight is 461 g/mol. The van der Waals surface area contributed by atoms with Crippen LogP contribution in [0.1, 0.15) is 35.2 Å². The summed E-state index contributed by atoms with van der Waals surface area (Å²) in [6.07, 6.45) is 0.971. The molecule has 11 heteroatoms. The molecule has 1 fully saturated rings. The van der Waals surface area contributed by atoms with Crippen LogP contribution in [0.3, 0.4) is 0 Å². The summed E-state index contributed by atoms with van der Waals surface area (Å²) in [5.41, 5.74) is 0. The van der Waals surface area contributed by atoms with Crippen LogP contribution in [-0.4, -0.2) is 55.7 Å². The van der Waals surface area contributed by atoms with Gasteiger partial charge in [-0.05, 0) is 44.0 Å². The van der Waals surface area contributed by atoms with E-state index in [-0.39, 0.29) is 29.9 Å². The van der Waals surface area contributed by atoms with E-state index in [1.54, 1.807) is 20.0 Å². The molecular formula is C18H21ClN2O6S2. The van der Waals surface area contributed by atoms with Crippen molar-refractivity contribution in [2.24, 2.45) is 0 Å². The molecule has 0 bridgehead atoms. The number of furan rings is 1. The summed E-state index contributed by atoms with van der Waals surface area (Å²) in [5, 5.41) is -0.382. The Morgan fingerprint density at radius 2 is 2.10 bits per heavy atom. The number of nitrogens with zero attached hydrogens (tertiary/aromatic N) is 2. The Morgan fingerprint density at radius 3 is 2.76 bits per heavy atom. The van der Waals surface area contributed by atoms with Gasteiger partial charge in [-0.1, -0.05) is 11.6 Å². The van der Waals surface area contributed by atoms with Gasteiger partial charge in [-0.25, -0.2) is 13.2 Å². The van der Waals surface area contributed by atoms with Crippen LogP contribution < -0.4 is 0 Å². The number of ether oxygens (including phenoxy) is 1. The lowest BCUT2D eigenvalue weighted by Gasteiger charge is -2.26. The molecule has 2 aromatic heterocycles. The fourth-order valence-electron chi connectivity index (χ4n) is 3.16. The normalized spacial score (nSPS) is 17.4. The Hall–Kier alpha value is -1.88. The summed E-state index contributed by atoms with van der Waals surface area (Å²) in [6.45, 7) is 2.33. The van der Waals surface area contributed by atoms with Gasteiger partial charge in [-0.3, -0.25) is 4.79 Å². The Morgan fingerprint density at radius 1 is 1.34 bits per heavy atom. The maximum absolute atomic E-state index is 13.0. The SMILES string of the molecule is CCOC(=O)c1ccc(S(=O)(=O)N2CCCC2C(=O)N(C)Cc2ccc(Cl)s2)o1. The molecule has 29 heavy (non-hydrogen) atoms. The zero-order valence-corrected chi connectivity index (χ0v) is 18.3. The van der Waals surface area contributed by atoms with Crippen LogP contribution >= 0.6 is 22.9 Å². The van der Waals surface area contributed by atoms with Crippen molar-refractivity contribution in [1.29, 1.82) is 0 Å². The highest BCUT2D eigenvalue weighted by atomic mass is 35.5. The number of carbonyl (C=O) groups excluding carboxylic acids is 2. The van der Waals surface area contributed by atoms with E-state index < -0.39 is 22.0 Å². The number of thiophene rings is 1. The van der Waals surface area contributed by atoms with Gasteiger partial charge in [-0.15, -0.1) is 11.3 Å². The van der Waals surface area contributed by atoms with Crippen molar-refractivity contribution >= 4 is 44.8 Å². The molecule has 158 valence electrons. The van der Waals surface area contributed by atoms with Gasteiger partial charge in [0.1, 0.15) is 6.04 Å². The zero-order valence-electron chi connectivity index (χ0n) is 16.0. The van der Waals surface area contributed by atoms with Crippen molar-refractivity contribution in [2.75, 3.05) is 20.2 Å². The minimum absolute atomic E-state index is 0.145. The Kier molecular flexibility index (Phi) is 6.67. The number of rotatable bonds is 7. The van der Waals surface area contributed by atoms with Crippen LogP contribution in [0.5, 0.6) is 0 Å². The van der Waals surface area contributed by atoms with Crippen LogP contribution in [0.4, 0.5) is 0 Å². The molecule has 0 spiro atoms. The zero-order chi connectivity index (χ0) is 21.2. The summed E-state index contributed by atoms with van der Waals surface area (Å²) < 4.78 is 37.8. The third-order valence-corrected chi connectivity index (χ3v) is 7.51. The molecule has 1 saturated heterocycles. The molecule has 2 aromatic rings. The van der Waals surface area contributed by atoms with Gasteiger partial charge in [0.2, 0.25) is 16.8 Å². The molecule has 1 aliphatic heterocycles. The second-order valence-corrected chi connectivity index (χ2v) is 10.1. The van der Waals surface area contributed by atoms with Crippen molar-refractivity contribution in [3.05, 3.63) is 39.2 Å². The van der Waals surface area contributed by atoms with Crippen LogP contribution in [-0.2, 0) is 26.1 Å². The molecule has 1 unspecified atom stereocenters. The number of hydrogen-bond donors (Lipinski definition) is 0. The third kappa shape index (κ3) is 4.66. The predicted octanol–water partition coefficient (Wildman–Crippen LogP) is 2.98. The maximum atomic E-state index is 13.0. The fourth-order valence-corrected chi connectivity index (χ4v) is 5.87. The summed E-state index contributed by atoms with van der Waals surface area (Å²) >= 11 is 7.30. The highest BCUT2D eigenvalue weighted by Crippen LogP contribution is 2.29. The first kappa shape index (κ1) is 21.8. The van der Waals surface area contributed by atoms with E-state index >= 15 is 0 Å². The molecule has 1 atom stereocenters. The van der Waals surface area contributed by atoms with Crippen molar-refractivity contribution in [3.63, 3.8) is 0 Å². The number of esters is 1. The highest BCUT2D eigenvalue weighted by Gasteiger charge is 2.42. The van der Waals surface area contributed by atoms with Gasteiger partial charge < -0.3 is 14.1 Å². The van der Waals surface area contributed by atoms with Gasteiger partial charge >= 0.3 is 5.97 Å². The first-order chi connectivity index (χ1) is 13.7. The molecule has 3 heterocycles. The van der Waals surface area contributed by atoms with Gasteiger partial charge in [0, 0.05) is 18.5 Å². The van der Waals surface area contributed by atoms with Crippen LogP contribution in [0.15, 0.2) is 33.8 Å². The first-order valence-electron chi connectivity index (χ1n) is 9.02. The minimum atomic E-state index is -4.07. The van der Waals surface area contributed by atoms with E-state index in [0.717, 1.165) is 9.18 Å². The number of carbonyl (C=O) groups is 2. The smallest absolute Gasteiger partial charge is 0.374 e. The molecule has 1 aliphatic rings. The van der Waals surface area contributed by atoms with Gasteiger partial charge in [0.15, 0.2) is 0 Å². The topological polar surface area (TPSA) is 97.1 Å². The lowest BCUT2D eigenvalue weighted by molar-refractivity contribution is -0.133. The van der Waals surface area contributed by atoms with Crippen molar-refractivity contribution in [1.82, 2.24) is 9.21 Å². The molecule has 0 aliphatic carbocycles. The number of halogens is 1. The van der Waals surface area contributed by atoms with E-state index in [2.05, 4.69) is 0 Å². The number of sulfonamides is 1. The van der Waals surface area contributed by atoms with E-state index in [0.29, 0.717) is 23.7 Å². The lowest BCUT2D eigenvalue weighted by Crippen LogP contribution is -2.46. The molecular weight excluding hydrogens is 440 g/mol. The van der Waals surface area contributed by atoms with Crippen molar-refractivity contribution in [3.8, 4) is 0 Å². The average Bonchev–Trinajstić information content (AvgIpc) is 3.42. The lowest BCUT2D eigenvalue weighted by atomic mass is 10.2. The molecule has 0 radical (unpaired) electrons. The molecule has 3 rings (SSSR count). The second-order valence-electron chi connectivity index (χ2n) is 6.51. The van der Waals surface area contributed by atoms with Crippen LogP contribution in [0, 0.1) is 0 Å². The highest BCUT2D eigenvalue weighted by molar-refractivity contribution is 7.89. The van der Waals surface area contributed by atoms with Gasteiger partial charge in [-0.2, -0.15) is 4.31 Å². The standard InChI is InChI=1S/C18H21ClN2O6S2/c1-3-26-18(23)14-7-9-16(27-14)29(24,25)21-10-4-5-13(21)17(22)20(2)11-12-6-8-15(19)28-12/h6-9,13H,3-5,10-11H2,1-2H3. The number of hydrogen-bond acceptors (Lipinski definition) is 7. The fraction of sp³-hybridized carbons (Fsp3) is 0.444. The van der Waals surface area contributed by atoms with E-state index in [1.807, 2.05) is 6.07 Å². The maximum Gasteiger partial charge on any atom is 0.374 e. The monoisotopic (exact) mass is 460 g/mol. The molecule has 0 N–H and O–H groups in total. The summed E-state index contributed by atoms with van der Waals surface area (Å²) in [7, 11) is -2.44. The minimum Gasteiger partial charge on any atom is -0.460 e. The molecule has 0 aromatic carbocycles. The van der Waals surface area contributed by atoms with E-state index in [1.165, 1.54) is 28.4 Å². The summed E-state index contributed by atoms with van der Waals surface area (Å²) in [5.74, 6) is -1.23. The first-order valence-corrected chi connectivity index (χ1v) is 11.7. The molecule has 1 amide bonds. The van der Waals surface area contributed by atoms with Crippen molar-refractivity contribution in [2.45, 2.75) is 37.4 Å². The summed E-state index contributed by atoms with van der Waals surface area (Å²) in [4.78, 5) is 27.1. The second kappa shape index (κ2) is 8.86. The Balaban J connectivity index is 1.76.